The van der Waals surface area contributed by atoms with Crippen LogP contribution in [0.5, 0.6) is 0 Å². The standard InChI is InChI=1S/C16H23N3O2/c1-3-9-17-14(13-7-5-4-6-8-13)10-19-12-15(20)18(2)11-16(19)21/h4-8,14,17H,3,9-12H2,1-2H3. The van der Waals surface area contributed by atoms with E-state index in [0.29, 0.717) is 6.54 Å². The van der Waals surface area contributed by atoms with Crippen molar-refractivity contribution < 1.29 is 9.59 Å². The van der Waals surface area contributed by atoms with Crippen LogP contribution in [0.4, 0.5) is 0 Å². The summed E-state index contributed by atoms with van der Waals surface area (Å²) in [5.41, 5.74) is 1.14. The molecule has 114 valence electrons. The second-order valence-corrected chi connectivity index (χ2v) is 5.44. The Morgan fingerprint density at radius 1 is 1.14 bits per heavy atom. The van der Waals surface area contributed by atoms with Crippen LogP contribution in [0.2, 0.25) is 0 Å². The normalized spacial score (nSPS) is 17.2. The van der Waals surface area contributed by atoms with Crippen molar-refractivity contribution in [2.24, 2.45) is 0 Å². The molecule has 1 aromatic rings. The van der Waals surface area contributed by atoms with Gasteiger partial charge in [0.2, 0.25) is 11.8 Å². The third-order valence-electron chi connectivity index (χ3n) is 3.72. The maximum absolute atomic E-state index is 12.1. The predicted molar refractivity (Wildman–Crippen MR) is 81.7 cm³/mol. The monoisotopic (exact) mass is 289 g/mol. The first-order chi connectivity index (χ1) is 10.1. The first kappa shape index (κ1) is 15.5. The van der Waals surface area contributed by atoms with E-state index >= 15 is 0 Å². The summed E-state index contributed by atoms with van der Waals surface area (Å²) in [5, 5.41) is 3.46. The SMILES string of the molecule is CCCNC(CN1CC(=O)N(C)CC1=O)c1ccccc1. The number of carbonyl (C=O) groups excluding carboxylic acids is 2. The number of piperazine rings is 1. The molecule has 1 aliphatic heterocycles. The second kappa shape index (κ2) is 7.22. The molecule has 1 atom stereocenters. The average Bonchev–Trinajstić information content (AvgIpc) is 2.49. The minimum Gasteiger partial charge on any atom is -0.335 e. The molecule has 2 amide bonds. The fraction of sp³-hybridized carbons (Fsp3) is 0.500. The van der Waals surface area contributed by atoms with Crippen molar-refractivity contribution in [2.45, 2.75) is 19.4 Å². The Hall–Kier alpha value is -1.88. The number of carbonyl (C=O) groups is 2. The first-order valence-electron chi connectivity index (χ1n) is 7.42. The topological polar surface area (TPSA) is 52.7 Å². The number of hydrogen-bond acceptors (Lipinski definition) is 3. The summed E-state index contributed by atoms with van der Waals surface area (Å²) >= 11 is 0. The maximum atomic E-state index is 12.1. The number of amides is 2. The fourth-order valence-corrected chi connectivity index (χ4v) is 2.44. The highest BCUT2D eigenvalue weighted by Crippen LogP contribution is 2.16. The van der Waals surface area contributed by atoms with E-state index in [1.54, 1.807) is 11.9 Å². The van der Waals surface area contributed by atoms with Crippen LogP contribution in [0.15, 0.2) is 30.3 Å². The van der Waals surface area contributed by atoms with Gasteiger partial charge in [0.25, 0.3) is 0 Å². The lowest BCUT2D eigenvalue weighted by Gasteiger charge is -2.34. The Labute approximate surface area is 125 Å². The quantitative estimate of drug-likeness (QED) is 0.851. The molecule has 1 aromatic carbocycles. The van der Waals surface area contributed by atoms with Crippen molar-refractivity contribution in [2.75, 3.05) is 33.2 Å². The van der Waals surface area contributed by atoms with Gasteiger partial charge >= 0.3 is 0 Å². The Kier molecular flexibility index (Phi) is 5.33. The molecule has 0 radical (unpaired) electrons. The highest BCUT2D eigenvalue weighted by atomic mass is 16.2. The van der Waals surface area contributed by atoms with Crippen molar-refractivity contribution in [1.29, 1.82) is 0 Å². The lowest BCUT2D eigenvalue weighted by Crippen LogP contribution is -2.54. The lowest BCUT2D eigenvalue weighted by molar-refractivity contribution is -0.149. The number of likely N-dealkylation sites (N-methyl/N-ethyl adjacent to an activating group) is 1. The maximum Gasteiger partial charge on any atom is 0.242 e. The molecule has 0 saturated carbocycles. The summed E-state index contributed by atoms with van der Waals surface area (Å²) in [4.78, 5) is 27.0. The van der Waals surface area contributed by atoms with Crippen LogP contribution in [-0.2, 0) is 9.59 Å². The molecule has 1 aliphatic rings. The van der Waals surface area contributed by atoms with Gasteiger partial charge < -0.3 is 15.1 Å². The summed E-state index contributed by atoms with van der Waals surface area (Å²) in [6, 6.07) is 10.1. The highest BCUT2D eigenvalue weighted by molar-refractivity contribution is 5.92. The van der Waals surface area contributed by atoms with Crippen molar-refractivity contribution >= 4 is 11.8 Å². The van der Waals surface area contributed by atoms with Gasteiger partial charge in [0.05, 0.1) is 13.1 Å². The molecule has 0 aliphatic carbocycles. The number of benzene rings is 1. The molecule has 21 heavy (non-hydrogen) atoms. The van der Waals surface area contributed by atoms with Crippen LogP contribution in [0, 0.1) is 0 Å². The third-order valence-corrected chi connectivity index (χ3v) is 3.72. The molecule has 1 fully saturated rings. The molecule has 5 nitrogen and oxygen atoms in total. The van der Waals surface area contributed by atoms with Crippen molar-refractivity contribution in [3.63, 3.8) is 0 Å². The number of rotatable bonds is 6. The van der Waals surface area contributed by atoms with Crippen LogP contribution >= 0.6 is 0 Å². The van der Waals surface area contributed by atoms with E-state index in [9.17, 15) is 9.59 Å². The Bertz CT molecular complexity index is 490. The molecule has 1 heterocycles. The zero-order chi connectivity index (χ0) is 15.2. The largest absolute Gasteiger partial charge is 0.335 e. The number of nitrogens with one attached hydrogen (secondary N) is 1. The summed E-state index contributed by atoms with van der Waals surface area (Å²) in [6.07, 6.45) is 1.03. The van der Waals surface area contributed by atoms with E-state index < -0.39 is 0 Å². The van der Waals surface area contributed by atoms with Gasteiger partial charge in [0, 0.05) is 19.6 Å². The molecule has 5 heteroatoms. The molecule has 1 unspecified atom stereocenters. The van der Waals surface area contributed by atoms with Crippen LogP contribution in [0.25, 0.3) is 0 Å². The van der Waals surface area contributed by atoms with Crippen LogP contribution < -0.4 is 5.32 Å². The lowest BCUT2D eigenvalue weighted by atomic mass is 10.1. The molecule has 1 N–H and O–H groups in total. The number of hydrogen-bond donors (Lipinski definition) is 1. The van der Waals surface area contributed by atoms with Gasteiger partial charge in [-0.05, 0) is 18.5 Å². The molecule has 2 rings (SSSR count). The average molecular weight is 289 g/mol. The minimum absolute atomic E-state index is 0.00287. The molecule has 0 spiro atoms. The van der Waals surface area contributed by atoms with Gasteiger partial charge in [-0.1, -0.05) is 37.3 Å². The predicted octanol–water partition coefficient (Wildman–Crippen LogP) is 1.03. The van der Waals surface area contributed by atoms with Crippen molar-refractivity contribution in [3.8, 4) is 0 Å². The molecule has 0 aromatic heterocycles. The van der Waals surface area contributed by atoms with Crippen molar-refractivity contribution in [3.05, 3.63) is 35.9 Å². The zero-order valence-electron chi connectivity index (χ0n) is 12.7. The van der Waals surface area contributed by atoms with E-state index in [1.165, 1.54) is 4.90 Å². The van der Waals surface area contributed by atoms with Gasteiger partial charge in [-0.15, -0.1) is 0 Å². The van der Waals surface area contributed by atoms with E-state index in [4.69, 9.17) is 0 Å². The summed E-state index contributed by atoms with van der Waals surface area (Å²) < 4.78 is 0. The molecular formula is C16H23N3O2. The Morgan fingerprint density at radius 3 is 2.52 bits per heavy atom. The van der Waals surface area contributed by atoms with Gasteiger partial charge in [0.1, 0.15) is 0 Å². The van der Waals surface area contributed by atoms with E-state index in [0.717, 1.165) is 18.5 Å². The summed E-state index contributed by atoms with van der Waals surface area (Å²) in [5.74, 6) is 0.00762. The molecule has 0 bridgehead atoms. The molecular weight excluding hydrogens is 266 g/mol. The van der Waals surface area contributed by atoms with Crippen LogP contribution in [0.3, 0.4) is 0 Å². The second-order valence-electron chi connectivity index (χ2n) is 5.44. The smallest absolute Gasteiger partial charge is 0.242 e. The van der Waals surface area contributed by atoms with Gasteiger partial charge in [-0.3, -0.25) is 9.59 Å². The van der Waals surface area contributed by atoms with Crippen LogP contribution in [-0.4, -0.2) is 54.8 Å². The van der Waals surface area contributed by atoms with Crippen molar-refractivity contribution in [1.82, 2.24) is 15.1 Å². The van der Waals surface area contributed by atoms with Gasteiger partial charge in [-0.2, -0.15) is 0 Å². The van der Waals surface area contributed by atoms with E-state index in [1.807, 2.05) is 18.2 Å². The molecule has 1 saturated heterocycles. The van der Waals surface area contributed by atoms with E-state index in [-0.39, 0.29) is 30.9 Å². The Balaban J connectivity index is 2.08. The highest BCUT2D eigenvalue weighted by Gasteiger charge is 2.29. The number of nitrogens with zero attached hydrogens (tertiary/aromatic N) is 2. The third kappa shape index (κ3) is 4.04. The first-order valence-corrected chi connectivity index (χ1v) is 7.42. The van der Waals surface area contributed by atoms with E-state index in [2.05, 4.69) is 24.4 Å². The fourth-order valence-electron chi connectivity index (χ4n) is 2.44. The summed E-state index contributed by atoms with van der Waals surface area (Å²) in [7, 11) is 1.67. The van der Waals surface area contributed by atoms with Gasteiger partial charge in [-0.25, -0.2) is 0 Å². The van der Waals surface area contributed by atoms with Crippen LogP contribution in [0.1, 0.15) is 24.9 Å². The van der Waals surface area contributed by atoms with Gasteiger partial charge in [0.15, 0.2) is 0 Å². The summed E-state index contributed by atoms with van der Waals surface area (Å²) in [6.45, 7) is 3.87. The Morgan fingerprint density at radius 2 is 1.86 bits per heavy atom. The minimum atomic E-state index is -0.00287. The zero-order valence-corrected chi connectivity index (χ0v) is 12.7.